The first-order valence-electron chi connectivity index (χ1n) is 5.40. The highest BCUT2D eigenvalue weighted by atomic mass is 32.2. The quantitative estimate of drug-likeness (QED) is 0.762. The molecule has 1 aliphatic heterocycles. The van der Waals surface area contributed by atoms with Crippen molar-refractivity contribution in [1.82, 2.24) is 4.31 Å². The molecule has 17 heavy (non-hydrogen) atoms. The molecule has 7 heteroatoms. The van der Waals surface area contributed by atoms with Gasteiger partial charge in [0.15, 0.2) is 0 Å². The Hall–Kier alpha value is -0.240. The van der Waals surface area contributed by atoms with E-state index < -0.39 is 21.2 Å². The molecule has 0 aromatic rings. The van der Waals surface area contributed by atoms with E-state index in [-0.39, 0.29) is 10.7 Å². The SMILES string of the molecule is CC1(C)CN(S(=O)(=O)CC(N)=S)CC(C)(C)O1. The average Bonchev–Trinajstić information content (AvgIpc) is 1.94. The molecule has 0 amide bonds. The van der Waals surface area contributed by atoms with Crippen LogP contribution in [0.15, 0.2) is 0 Å². The van der Waals surface area contributed by atoms with E-state index in [0.29, 0.717) is 13.1 Å². The minimum atomic E-state index is -3.44. The van der Waals surface area contributed by atoms with Crippen LogP contribution in [-0.4, -0.2) is 47.8 Å². The molecule has 0 aromatic carbocycles. The number of thiocarbonyl (C=S) groups is 1. The van der Waals surface area contributed by atoms with Crippen LogP contribution in [-0.2, 0) is 14.8 Å². The van der Waals surface area contributed by atoms with Gasteiger partial charge in [-0.25, -0.2) is 8.42 Å². The minimum absolute atomic E-state index is 0.00731. The molecule has 0 aromatic heterocycles. The largest absolute Gasteiger partial charge is 0.392 e. The molecule has 0 aliphatic carbocycles. The van der Waals surface area contributed by atoms with Crippen molar-refractivity contribution in [1.29, 1.82) is 0 Å². The summed E-state index contributed by atoms with van der Waals surface area (Å²) in [5, 5.41) is 0. The number of hydrogen-bond donors (Lipinski definition) is 1. The smallest absolute Gasteiger partial charge is 0.220 e. The maximum atomic E-state index is 12.1. The van der Waals surface area contributed by atoms with Crippen LogP contribution < -0.4 is 5.73 Å². The van der Waals surface area contributed by atoms with Gasteiger partial charge in [0.25, 0.3) is 0 Å². The van der Waals surface area contributed by atoms with Crippen molar-refractivity contribution in [3.8, 4) is 0 Å². The van der Waals surface area contributed by atoms with Gasteiger partial charge < -0.3 is 10.5 Å². The zero-order chi connectivity index (χ0) is 13.5. The Morgan fingerprint density at radius 3 is 2.06 bits per heavy atom. The molecule has 5 nitrogen and oxygen atoms in total. The van der Waals surface area contributed by atoms with E-state index in [9.17, 15) is 8.42 Å². The zero-order valence-electron chi connectivity index (χ0n) is 10.7. The molecule has 2 N–H and O–H groups in total. The molecule has 0 atom stereocenters. The first kappa shape index (κ1) is 14.8. The molecule has 100 valence electrons. The molecule has 0 unspecified atom stereocenters. The fourth-order valence-corrected chi connectivity index (χ4v) is 4.19. The van der Waals surface area contributed by atoms with Crippen LogP contribution in [0.25, 0.3) is 0 Å². The summed E-state index contributed by atoms with van der Waals surface area (Å²) in [5.74, 6) is -0.283. The lowest BCUT2D eigenvalue weighted by molar-refractivity contribution is -0.163. The van der Waals surface area contributed by atoms with Crippen LogP contribution in [0.5, 0.6) is 0 Å². The molecule has 0 bridgehead atoms. The highest BCUT2D eigenvalue weighted by Crippen LogP contribution is 2.29. The van der Waals surface area contributed by atoms with Gasteiger partial charge >= 0.3 is 0 Å². The standard InChI is InChI=1S/C10H20N2O3S2/c1-9(2)6-12(7-10(3,4)15-9)17(13,14)5-8(11)16/h5-7H2,1-4H3,(H2,11,16). The van der Waals surface area contributed by atoms with Crippen molar-refractivity contribution in [2.75, 3.05) is 18.8 Å². The first-order chi connectivity index (χ1) is 7.44. The van der Waals surface area contributed by atoms with Crippen molar-refractivity contribution in [2.45, 2.75) is 38.9 Å². The lowest BCUT2D eigenvalue weighted by atomic mass is 10.0. The number of hydrogen-bond acceptors (Lipinski definition) is 4. The molecular weight excluding hydrogens is 260 g/mol. The number of sulfonamides is 1. The normalized spacial score (nSPS) is 24.5. The molecular formula is C10H20N2O3S2. The maximum Gasteiger partial charge on any atom is 0.220 e. The van der Waals surface area contributed by atoms with E-state index in [2.05, 4.69) is 12.2 Å². The van der Waals surface area contributed by atoms with Gasteiger partial charge in [-0.05, 0) is 27.7 Å². The van der Waals surface area contributed by atoms with E-state index in [1.165, 1.54) is 4.31 Å². The number of nitrogens with zero attached hydrogens (tertiary/aromatic N) is 1. The van der Waals surface area contributed by atoms with Crippen LogP contribution in [0.2, 0.25) is 0 Å². The van der Waals surface area contributed by atoms with Crippen LogP contribution in [0, 0.1) is 0 Å². The van der Waals surface area contributed by atoms with Crippen LogP contribution in [0.3, 0.4) is 0 Å². The predicted molar refractivity (Wildman–Crippen MR) is 71.4 cm³/mol. The van der Waals surface area contributed by atoms with Crippen molar-refractivity contribution < 1.29 is 13.2 Å². The Morgan fingerprint density at radius 2 is 1.71 bits per heavy atom. The molecule has 0 spiro atoms. The van der Waals surface area contributed by atoms with E-state index in [1.807, 2.05) is 27.7 Å². The van der Waals surface area contributed by atoms with Gasteiger partial charge in [0, 0.05) is 13.1 Å². The Kier molecular flexibility index (Phi) is 3.88. The summed E-state index contributed by atoms with van der Waals surface area (Å²) in [6.45, 7) is 8.13. The summed E-state index contributed by atoms with van der Waals surface area (Å²) in [7, 11) is -3.44. The first-order valence-corrected chi connectivity index (χ1v) is 7.42. The van der Waals surface area contributed by atoms with Crippen molar-refractivity contribution >= 4 is 27.2 Å². The molecule has 0 saturated carbocycles. The fraction of sp³-hybridized carbons (Fsp3) is 0.900. The van der Waals surface area contributed by atoms with Crippen LogP contribution >= 0.6 is 12.2 Å². The summed E-state index contributed by atoms with van der Waals surface area (Å²) < 4.78 is 31.4. The van der Waals surface area contributed by atoms with Gasteiger partial charge in [-0.1, -0.05) is 12.2 Å². The lowest BCUT2D eigenvalue weighted by Gasteiger charge is -2.46. The molecule has 1 fully saturated rings. The molecule has 1 aliphatic rings. The summed E-state index contributed by atoms with van der Waals surface area (Å²) in [6.07, 6.45) is 0. The second-order valence-electron chi connectivity index (χ2n) is 5.61. The molecule has 1 heterocycles. The van der Waals surface area contributed by atoms with Gasteiger partial charge in [0.05, 0.1) is 16.2 Å². The zero-order valence-corrected chi connectivity index (χ0v) is 12.3. The van der Waals surface area contributed by atoms with E-state index in [0.717, 1.165) is 0 Å². The topological polar surface area (TPSA) is 72.6 Å². The molecule has 1 rings (SSSR count). The maximum absolute atomic E-state index is 12.1. The van der Waals surface area contributed by atoms with Crippen LogP contribution in [0.4, 0.5) is 0 Å². The fourth-order valence-electron chi connectivity index (χ4n) is 2.19. The molecule has 0 radical (unpaired) electrons. The van der Waals surface area contributed by atoms with Crippen molar-refractivity contribution in [3.05, 3.63) is 0 Å². The summed E-state index contributed by atoms with van der Waals surface area (Å²) in [6, 6.07) is 0. The number of ether oxygens (including phenoxy) is 1. The average molecular weight is 280 g/mol. The Bertz CT molecular complexity index is 399. The third kappa shape index (κ3) is 4.17. The number of morpholine rings is 1. The van der Waals surface area contributed by atoms with E-state index in [1.54, 1.807) is 0 Å². The van der Waals surface area contributed by atoms with Gasteiger partial charge in [-0.3, -0.25) is 0 Å². The van der Waals surface area contributed by atoms with Gasteiger partial charge in [0.2, 0.25) is 10.0 Å². The Morgan fingerprint density at radius 1 is 1.29 bits per heavy atom. The van der Waals surface area contributed by atoms with Gasteiger partial charge in [-0.2, -0.15) is 4.31 Å². The molecule has 1 saturated heterocycles. The Labute approximate surface area is 108 Å². The summed E-state index contributed by atoms with van der Waals surface area (Å²) in [5.41, 5.74) is 4.30. The van der Waals surface area contributed by atoms with Crippen molar-refractivity contribution in [2.24, 2.45) is 5.73 Å². The summed E-state index contributed by atoms with van der Waals surface area (Å²) >= 11 is 4.67. The summed E-state index contributed by atoms with van der Waals surface area (Å²) in [4.78, 5) is -0.00731. The predicted octanol–water partition coefficient (Wildman–Crippen LogP) is 0.492. The second-order valence-corrected chi connectivity index (χ2v) is 8.11. The third-order valence-corrected chi connectivity index (χ3v) is 4.43. The van der Waals surface area contributed by atoms with Crippen LogP contribution in [0.1, 0.15) is 27.7 Å². The van der Waals surface area contributed by atoms with Gasteiger partial charge in [0.1, 0.15) is 5.75 Å². The van der Waals surface area contributed by atoms with E-state index >= 15 is 0 Å². The minimum Gasteiger partial charge on any atom is -0.392 e. The van der Waals surface area contributed by atoms with E-state index in [4.69, 9.17) is 10.5 Å². The third-order valence-electron chi connectivity index (χ3n) is 2.38. The number of nitrogens with two attached hydrogens (primary N) is 1. The highest BCUT2D eigenvalue weighted by molar-refractivity contribution is 7.92. The van der Waals surface area contributed by atoms with Crippen molar-refractivity contribution in [3.63, 3.8) is 0 Å². The Balaban J connectivity index is 2.95. The highest BCUT2D eigenvalue weighted by Gasteiger charge is 2.42. The lowest BCUT2D eigenvalue weighted by Crippen LogP contribution is -2.59. The second kappa shape index (κ2) is 4.46. The monoisotopic (exact) mass is 280 g/mol. The van der Waals surface area contributed by atoms with Gasteiger partial charge in [-0.15, -0.1) is 0 Å². The number of rotatable bonds is 3.